The van der Waals surface area contributed by atoms with E-state index in [1.54, 1.807) is 0 Å². The predicted molar refractivity (Wildman–Crippen MR) is 92.0 cm³/mol. The standard InChI is InChI=1S/C17H30O11.Ac/c1-21-9-7-26-14(16(19)20)13(11(9)23-3)28-17-15(25-5)12(24-4)10(22-2)8(6-18)27-17;/h8-15,17-18H,6-7H2,1-5H3,(H,19,20);/t8?,9?,10-,11?,12?,13+,14?,15?,17-;/m0./s1. The average molecular weight is 637 g/mol. The van der Waals surface area contributed by atoms with E-state index in [0.717, 1.165) is 0 Å². The van der Waals surface area contributed by atoms with Gasteiger partial charge in [-0.15, -0.1) is 0 Å². The Labute approximate surface area is 205 Å². The minimum absolute atomic E-state index is 0. The van der Waals surface area contributed by atoms with Crippen LogP contribution in [0.1, 0.15) is 0 Å². The number of hydrogen-bond acceptors (Lipinski definition) is 10. The largest absolute Gasteiger partial charge is 0.479 e. The molecule has 9 atom stereocenters. The molecular weight excluding hydrogens is 607 g/mol. The van der Waals surface area contributed by atoms with Crippen molar-refractivity contribution in [2.75, 3.05) is 48.8 Å². The molecular formula is C17H30AcO11. The molecule has 12 heteroatoms. The fraction of sp³-hybridized carbons (Fsp3) is 0.941. The van der Waals surface area contributed by atoms with Gasteiger partial charge in [-0.1, -0.05) is 0 Å². The Morgan fingerprint density at radius 1 is 0.897 bits per heavy atom. The molecule has 1 radical (unpaired) electrons. The van der Waals surface area contributed by atoms with Crippen molar-refractivity contribution in [2.45, 2.75) is 55.1 Å². The van der Waals surface area contributed by atoms with Gasteiger partial charge in [-0.05, 0) is 0 Å². The number of aliphatic carboxylic acids is 1. The molecule has 2 aliphatic heterocycles. The van der Waals surface area contributed by atoms with E-state index in [0.29, 0.717) is 0 Å². The summed E-state index contributed by atoms with van der Waals surface area (Å²) in [6, 6.07) is 0. The number of carboxylic acid groups (broad SMARTS) is 1. The van der Waals surface area contributed by atoms with Gasteiger partial charge in [0.05, 0.1) is 13.2 Å². The maximum absolute atomic E-state index is 11.7. The van der Waals surface area contributed by atoms with Crippen LogP contribution in [-0.4, -0.2) is 120 Å². The Morgan fingerprint density at radius 2 is 1.48 bits per heavy atom. The van der Waals surface area contributed by atoms with Gasteiger partial charge in [0.2, 0.25) is 0 Å². The topological polar surface area (TPSA) is 131 Å². The summed E-state index contributed by atoms with van der Waals surface area (Å²) in [5, 5.41) is 19.2. The van der Waals surface area contributed by atoms with Crippen molar-refractivity contribution in [2.24, 2.45) is 0 Å². The van der Waals surface area contributed by atoms with Crippen molar-refractivity contribution >= 4 is 5.97 Å². The second kappa shape index (κ2) is 13.2. The summed E-state index contributed by atoms with van der Waals surface area (Å²) in [7, 11) is 7.29. The van der Waals surface area contributed by atoms with Gasteiger partial charge < -0.3 is 48.1 Å². The molecule has 2 saturated heterocycles. The quantitative estimate of drug-likeness (QED) is 0.311. The van der Waals surface area contributed by atoms with Gasteiger partial charge >= 0.3 is 5.97 Å². The number of rotatable bonds is 9. The normalized spacial score (nSPS) is 40.3. The van der Waals surface area contributed by atoms with Gasteiger partial charge in [-0.25, -0.2) is 4.79 Å². The predicted octanol–water partition coefficient (Wildman–Crippen LogP) is -1.35. The Hall–Kier alpha value is 0.552. The second-order valence-corrected chi connectivity index (χ2v) is 6.49. The van der Waals surface area contributed by atoms with E-state index in [4.69, 9.17) is 37.9 Å². The molecule has 2 aliphatic rings. The summed E-state index contributed by atoms with van der Waals surface area (Å²) in [5.74, 6) is -1.21. The fourth-order valence-corrected chi connectivity index (χ4v) is 3.71. The first kappa shape index (κ1) is 27.6. The van der Waals surface area contributed by atoms with Crippen molar-refractivity contribution < 1.29 is 97.0 Å². The number of aliphatic hydroxyl groups excluding tert-OH is 1. The Morgan fingerprint density at radius 3 is 1.93 bits per heavy atom. The minimum Gasteiger partial charge on any atom is -0.479 e. The molecule has 2 N–H and O–H groups in total. The number of carboxylic acids is 1. The smallest absolute Gasteiger partial charge is 0.335 e. The Kier molecular flexibility index (Phi) is 12.5. The van der Waals surface area contributed by atoms with Crippen LogP contribution < -0.4 is 0 Å². The summed E-state index contributed by atoms with van der Waals surface area (Å²) in [4.78, 5) is 11.7. The van der Waals surface area contributed by atoms with Crippen molar-refractivity contribution in [3.05, 3.63) is 0 Å². The summed E-state index contributed by atoms with van der Waals surface area (Å²) in [6.45, 7) is -0.316. The zero-order chi connectivity index (χ0) is 20.8. The van der Waals surface area contributed by atoms with E-state index >= 15 is 0 Å². The van der Waals surface area contributed by atoms with Crippen LogP contribution in [0, 0.1) is 44.1 Å². The average Bonchev–Trinajstić information content (AvgIpc) is 2.71. The van der Waals surface area contributed by atoms with Crippen LogP contribution in [-0.2, 0) is 42.7 Å². The Bertz CT molecular complexity index is 496. The first-order chi connectivity index (χ1) is 13.5. The maximum Gasteiger partial charge on any atom is 0.335 e. The molecule has 2 fully saturated rings. The minimum atomic E-state index is -1.30. The van der Waals surface area contributed by atoms with Crippen molar-refractivity contribution in [1.82, 2.24) is 0 Å². The van der Waals surface area contributed by atoms with Gasteiger partial charge in [0.1, 0.15) is 42.7 Å². The van der Waals surface area contributed by atoms with E-state index < -0.39 is 61.1 Å². The second-order valence-electron chi connectivity index (χ2n) is 6.49. The molecule has 0 spiro atoms. The van der Waals surface area contributed by atoms with Crippen molar-refractivity contribution in [3.8, 4) is 0 Å². The molecule has 167 valence electrons. The van der Waals surface area contributed by atoms with Crippen LogP contribution in [0.2, 0.25) is 0 Å². The molecule has 0 amide bonds. The number of methoxy groups -OCH3 is 5. The summed E-state index contributed by atoms with van der Waals surface area (Å²) < 4.78 is 44.4. The van der Waals surface area contributed by atoms with Crippen LogP contribution in [0.25, 0.3) is 0 Å². The number of carbonyl (C=O) groups is 1. The molecule has 2 rings (SSSR count). The van der Waals surface area contributed by atoms with E-state index in [2.05, 4.69) is 0 Å². The van der Waals surface area contributed by atoms with E-state index in [9.17, 15) is 15.0 Å². The fourth-order valence-electron chi connectivity index (χ4n) is 3.71. The van der Waals surface area contributed by atoms with Gasteiger partial charge in [0.25, 0.3) is 0 Å². The van der Waals surface area contributed by atoms with Gasteiger partial charge in [-0.2, -0.15) is 0 Å². The molecule has 2 heterocycles. The molecule has 6 unspecified atom stereocenters. The molecule has 0 saturated carbocycles. The third-order valence-corrected chi connectivity index (χ3v) is 5.13. The van der Waals surface area contributed by atoms with Gasteiger partial charge in [0.15, 0.2) is 12.4 Å². The van der Waals surface area contributed by atoms with Gasteiger partial charge in [0, 0.05) is 79.6 Å². The number of ether oxygens (including phenoxy) is 8. The first-order valence-corrected chi connectivity index (χ1v) is 8.87. The molecule has 29 heavy (non-hydrogen) atoms. The summed E-state index contributed by atoms with van der Waals surface area (Å²) in [6.07, 6.45) is -7.44. The molecule has 0 aromatic heterocycles. The van der Waals surface area contributed by atoms with E-state index in [1.165, 1.54) is 35.5 Å². The number of hydrogen-bond donors (Lipinski definition) is 2. The SMILES string of the molecule is COC1COC(C(=O)O)[C@H](O[C@@H]2OC(CO)[C@H](OC)C(OC)C2OC)C1OC.[Ac]. The monoisotopic (exact) mass is 637 g/mol. The van der Waals surface area contributed by atoms with Crippen LogP contribution in [0.3, 0.4) is 0 Å². The van der Waals surface area contributed by atoms with Crippen LogP contribution in [0.15, 0.2) is 0 Å². The summed E-state index contributed by atoms with van der Waals surface area (Å²) in [5.41, 5.74) is 0. The van der Waals surface area contributed by atoms with Crippen LogP contribution in [0.4, 0.5) is 0 Å². The molecule has 0 aromatic carbocycles. The molecule has 0 bridgehead atoms. The molecule has 0 aromatic rings. The molecule has 0 aliphatic carbocycles. The summed E-state index contributed by atoms with van der Waals surface area (Å²) >= 11 is 0. The zero-order valence-corrected chi connectivity index (χ0v) is 22.0. The number of aliphatic hydroxyl groups is 1. The first-order valence-electron chi connectivity index (χ1n) is 8.87. The zero-order valence-electron chi connectivity index (χ0n) is 17.3. The van der Waals surface area contributed by atoms with Gasteiger partial charge in [-0.3, -0.25) is 0 Å². The van der Waals surface area contributed by atoms with E-state index in [1.807, 2.05) is 0 Å². The van der Waals surface area contributed by atoms with Crippen LogP contribution >= 0.6 is 0 Å². The third-order valence-electron chi connectivity index (χ3n) is 5.13. The maximum atomic E-state index is 11.7. The molecule has 11 nitrogen and oxygen atoms in total. The van der Waals surface area contributed by atoms with Crippen molar-refractivity contribution in [3.63, 3.8) is 0 Å². The van der Waals surface area contributed by atoms with E-state index in [-0.39, 0.29) is 57.3 Å². The van der Waals surface area contributed by atoms with Crippen LogP contribution in [0.5, 0.6) is 0 Å². The van der Waals surface area contributed by atoms with Crippen molar-refractivity contribution in [1.29, 1.82) is 0 Å². The Balaban J connectivity index is 0.00000420. The third kappa shape index (κ3) is 6.08.